The predicted molar refractivity (Wildman–Crippen MR) is 73.1 cm³/mol. The van der Waals surface area contributed by atoms with Crippen molar-refractivity contribution < 1.29 is 9.18 Å². The summed E-state index contributed by atoms with van der Waals surface area (Å²) in [5, 5.41) is 11.4. The lowest BCUT2D eigenvalue weighted by Crippen LogP contribution is -2.23. The average Bonchev–Trinajstić information content (AvgIpc) is 2.45. The molecule has 5 heteroatoms. The summed E-state index contributed by atoms with van der Waals surface area (Å²) in [7, 11) is 0. The molecule has 0 radical (unpaired) electrons. The molecule has 0 heterocycles. The molecule has 20 heavy (non-hydrogen) atoms. The number of rotatable bonds is 3. The summed E-state index contributed by atoms with van der Waals surface area (Å²) in [4.78, 5) is 11.8. The fourth-order valence-electron chi connectivity index (χ4n) is 1.74. The van der Waals surface area contributed by atoms with E-state index in [0.29, 0.717) is 5.56 Å². The third-order valence-electron chi connectivity index (χ3n) is 2.75. The number of amides is 1. The molecule has 3 N–H and O–H groups in total. The minimum atomic E-state index is -0.659. The van der Waals surface area contributed by atoms with Gasteiger partial charge in [0.1, 0.15) is 5.82 Å². The highest BCUT2D eigenvalue weighted by Gasteiger charge is 2.11. The molecule has 0 bridgehead atoms. The van der Waals surface area contributed by atoms with E-state index in [1.807, 2.05) is 6.07 Å². The number of hydrogen-bond donors (Lipinski definition) is 2. The van der Waals surface area contributed by atoms with Crippen LogP contribution in [0.4, 0.5) is 10.1 Å². The summed E-state index contributed by atoms with van der Waals surface area (Å²) in [6.45, 7) is 0.220. The van der Waals surface area contributed by atoms with Gasteiger partial charge in [-0.1, -0.05) is 12.1 Å². The van der Waals surface area contributed by atoms with Gasteiger partial charge < -0.3 is 11.1 Å². The Labute approximate surface area is 115 Å². The van der Waals surface area contributed by atoms with Crippen molar-refractivity contribution in [1.82, 2.24) is 5.32 Å². The molecule has 0 spiro atoms. The predicted octanol–water partition coefficient (Wildman–Crippen LogP) is 2.21. The minimum absolute atomic E-state index is 0.0596. The zero-order chi connectivity index (χ0) is 14.5. The van der Waals surface area contributed by atoms with Crippen molar-refractivity contribution in [2.24, 2.45) is 0 Å². The van der Waals surface area contributed by atoms with Crippen molar-refractivity contribution in [2.75, 3.05) is 5.73 Å². The maximum atomic E-state index is 13.6. The fraction of sp³-hybridized carbons (Fsp3) is 0.0667. The molecule has 0 saturated carbocycles. The first-order chi connectivity index (χ1) is 9.60. The maximum Gasteiger partial charge on any atom is 0.254 e. The van der Waals surface area contributed by atoms with E-state index >= 15 is 0 Å². The van der Waals surface area contributed by atoms with Crippen LogP contribution >= 0.6 is 0 Å². The second kappa shape index (κ2) is 5.85. The lowest BCUT2D eigenvalue weighted by Gasteiger charge is -2.07. The largest absolute Gasteiger partial charge is 0.399 e. The smallest absolute Gasteiger partial charge is 0.254 e. The maximum absolute atomic E-state index is 13.6. The number of nitrogens with zero attached hydrogens (tertiary/aromatic N) is 1. The Morgan fingerprint density at radius 2 is 2.10 bits per heavy atom. The molecule has 0 unspecified atom stereocenters. The van der Waals surface area contributed by atoms with Gasteiger partial charge in [-0.2, -0.15) is 5.26 Å². The molecule has 0 aliphatic carbocycles. The summed E-state index contributed by atoms with van der Waals surface area (Å²) in [5.74, 6) is -1.18. The fourth-order valence-corrected chi connectivity index (χ4v) is 1.74. The standard InChI is InChI=1S/C15H12FN3O/c16-14-7-12(18)4-5-13(14)15(20)19-9-11-3-1-2-10(6-11)8-17/h1-7H,9,18H2,(H,19,20). The number of nitrogens with two attached hydrogens (primary N) is 1. The number of hydrogen-bond acceptors (Lipinski definition) is 3. The summed E-state index contributed by atoms with van der Waals surface area (Å²) in [5.41, 5.74) is 6.91. The van der Waals surface area contributed by atoms with Crippen LogP contribution in [0.25, 0.3) is 0 Å². The molecule has 0 atom stereocenters. The van der Waals surface area contributed by atoms with E-state index in [1.54, 1.807) is 24.3 Å². The van der Waals surface area contributed by atoms with Crippen molar-refractivity contribution in [3.8, 4) is 6.07 Å². The molecule has 0 saturated heterocycles. The Morgan fingerprint density at radius 3 is 2.80 bits per heavy atom. The molecular formula is C15H12FN3O. The number of halogens is 1. The van der Waals surface area contributed by atoms with Gasteiger partial charge in [0.15, 0.2) is 0 Å². The summed E-state index contributed by atoms with van der Waals surface area (Å²) >= 11 is 0. The first kappa shape index (κ1) is 13.6. The zero-order valence-electron chi connectivity index (χ0n) is 10.6. The number of carbonyl (C=O) groups is 1. The van der Waals surface area contributed by atoms with Crippen LogP contribution in [-0.4, -0.2) is 5.91 Å². The Morgan fingerprint density at radius 1 is 1.30 bits per heavy atom. The van der Waals surface area contributed by atoms with E-state index in [1.165, 1.54) is 12.1 Å². The van der Waals surface area contributed by atoms with Crippen LogP contribution in [0.15, 0.2) is 42.5 Å². The van der Waals surface area contributed by atoms with Gasteiger partial charge in [-0.3, -0.25) is 4.79 Å². The molecule has 2 rings (SSSR count). The topological polar surface area (TPSA) is 78.9 Å². The highest BCUT2D eigenvalue weighted by Crippen LogP contribution is 2.12. The molecule has 0 aromatic heterocycles. The molecular weight excluding hydrogens is 257 g/mol. The van der Waals surface area contributed by atoms with Crippen LogP contribution in [0.3, 0.4) is 0 Å². The Balaban J connectivity index is 2.07. The first-order valence-corrected chi connectivity index (χ1v) is 5.92. The van der Waals surface area contributed by atoms with Crippen molar-refractivity contribution >= 4 is 11.6 Å². The van der Waals surface area contributed by atoms with Crippen molar-refractivity contribution in [3.05, 3.63) is 65.0 Å². The molecule has 0 aliphatic heterocycles. The minimum Gasteiger partial charge on any atom is -0.399 e. The van der Waals surface area contributed by atoms with Gasteiger partial charge in [0.25, 0.3) is 5.91 Å². The monoisotopic (exact) mass is 269 g/mol. The SMILES string of the molecule is N#Cc1cccc(CNC(=O)c2ccc(N)cc2F)c1. The quantitative estimate of drug-likeness (QED) is 0.838. The lowest BCUT2D eigenvalue weighted by atomic mass is 10.1. The van der Waals surface area contributed by atoms with Crippen molar-refractivity contribution in [2.45, 2.75) is 6.54 Å². The van der Waals surface area contributed by atoms with E-state index < -0.39 is 11.7 Å². The van der Waals surface area contributed by atoms with Crippen LogP contribution < -0.4 is 11.1 Å². The van der Waals surface area contributed by atoms with Crippen molar-refractivity contribution in [3.63, 3.8) is 0 Å². The number of nitrogens with one attached hydrogen (secondary N) is 1. The molecule has 0 aliphatic rings. The van der Waals surface area contributed by atoms with Crippen LogP contribution in [0, 0.1) is 17.1 Å². The molecule has 2 aromatic rings. The second-order valence-electron chi connectivity index (χ2n) is 4.23. The van der Waals surface area contributed by atoms with E-state index in [4.69, 9.17) is 11.0 Å². The number of anilines is 1. The van der Waals surface area contributed by atoms with Crippen LogP contribution in [0.1, 0.15) is 21.5 Å². The van der Waals surface area contributed by atoms with E-state index in [2.05, 4.69) is 5.32 Å². The number of benzene rings is 2. The van der Waals surface area contributed by atoms with Crippen LogP contribution in [-0.2, 0) is 6.54 Å². The van der Waals surface area contributed by atoms with E-state index in [9.17, 15) is 9.18 Å². The average molecular weight is 269 g/mol. The van der Waals surface area contributed by atoms with Crippen LogP contribution in [0.5, 0.6) is 0 Å². The van der Waals surface area contributed by atoms with Gasteiger partial charge in [0.2, 0.25) is 0 Å². The normalized spacial score (nSPS) is 9.80. The molecule has 0 fully saturated rings. The highest BCUT2D eigenvalue weighted by molar-refractivity contribution is 5.94. The Hall–Kier alpha value is -2.87. The third-order valence-corrected chi connectivity index (χ3v) is 2.75. The number of carbonyl (C=O) groups excluding carboxylic acids is 1. The van der Waals surface area contributed by atoms with Gasteiger partial charge in [0, 0.05) is 12.2 Å². The van der Waals surface area contributed by atoms with Gasteiger partial charge in [-0.05, 0) is 35.9 Å². The van der Waals surface area contributed by atoms with E-state index in [-0.39, 0.29) is 17.8 Å². The van der Waals surface area contributed by atoms with Gasteiger partial charge in [-0.15, -0.1) is 0 Å². The van der Waals surface area contributed by atoms with Crippen molar-refractivity contribution in [1.29, 1.82) is 5.26 Å². The van der Waals surface area contributed by atoms with Gasteiger partial charge in [0.05, 0.1) is 17.2 Å². The summed E-state index contributed by atoms with van der Waals surface area (Å²) in [6, 6.07) is 12.8. The summed E-state index contributed by atoms with van der Waals surface area (Å²) in [6.07, 6.45) is 0. The van der Waals surface area contributed by atoms with Gasteiger partial charge >= 0.3 is 0 Å². The Bertz CT molecular complexity index is 692. The molecule has 1 amide bonds. The van der Waals surface area contributed by atoms with Gasteiger partial charge in [-0.25, -0.2) is 4.39 Å². The number of nitriles is 1. The molecule has 2 aromatic carbocycles. The third kappa shape index (κ3) is 3.12. The lowest BCUT2D eigenvalue weighted by molar-refractivity contribution is 0.0947. The Kier molecular flexibility index (Phi) is 3.96. The summed E-state index contributed by atoms with van der Waals surface area (Å²) < 4.78 is 13.6. The highest BCUT2D eigenvalue weighted by atomic mass is 19.1. The zero-order valence-corrected chi connectivity index (χ0v) is 10.6. The second-order valence-corrected chi connectivity index (χ2v) is 4.23. The molecule has 100 valence electrons. The first-order valence-electron chi connectivity index (χ1n) is 5.92. The number of nitrogen functional groups attached to an aromatic ring is 1. The molecule has 4 nitrogen and oxygen atoms in total. The van der Waals surface area contributed by atoms with E-state index in [0.717, 1.165) is 11.6 Å². The van der Waals surface area contributed by atoms with Crippen LogP contribution in [0.2, 0.25) is 0 Å².